The quantitative estimate of drug-likeness (QED) is 0.880. The number of anilines is 2. The Morgan fingerprint density at radius 1 is 0.880 bits per heavy atom. The minimum atomic E-state index is -0.108. The molecule has 0 atom stereocenters. The molecule has 0 saturated carbocycles. The van der Waals surface area contributed by atoms with E-state index in [9.17, 15) is 9.59 Å². The molecule has 25 heavy (non-hydrogen) atoms. The third-order valence-electron chi connectivity index (χ3n) is 3.93. The van der Waals surface area contributed by atoms with Crippen molar-refractivity contribution in [2.45, 2.75) is 19.9 Å². The van der Waals surface area contributed by atoms with E-state index in [0.717, 1.165) is 22.5 Å². The van der Waals surface area contributed by atoms with Crippen molar-refractivity contribution in [3.05, 3.63) is 59.7 Å². The highest BCUT2D eigenvalue weighted by Crippen LogP contribution is 2.14. The number of carbonyl (C=O) groups excluding carboxylic acids is 2. The van der Waals surface area contributed by atoms with Crippen LogP contribution in [0, 0.1) is 0 Å². The molecule has 132 valence electrons. The summed E-state index contributed by atoms with van der Waals surface area (Å²) in [5.41, 5.74) is 3.89. The fraction of sp³-hybridized carbons (Fsp3) is 0.300. The number of amides is 2. The lowest BCUT2D eigenvalue weighted by Gasteiger charge is -2.18. The summed E-state index contributed by atoms with van der Waals surface area (Å²) in [5.74, 6) is -0.0483. The molecule has 0 aliphatic heterocycles. The van der Waals surface area contributed by atoms with E-state index in [-0.39, 0.29) is 11.8 Å². The molecule has 0 fully saturated rings. The molecule has 0 aliphatic carbocycles. The first-order chi connectivity index (χ1) is 11.8. The fourth-order valence-electron chi connectivity index (χ4n) is 2.48. The van der Waals surface area contributed by atoms with Crippen LogP contribution in [0.2, 0.25) is 0 Å². The second-order valence-electron chi connectivity index (χ2n) is 6.37. The largest absolute Gasteiger partial charge is 0.378 e. The maximum atomic E-state index is 12.4. The third-order valence-corrected chi connectivity index (χ3v) is 3.93. The molecular weight excluding hydrogens is 314 g/mol. The Labute approximate surface area is 149 Å². The SMILES string of the molecule is CC(=O)Nc1ccc(CC(=O)N(C)Cc2ccc(N(C)C)cc2)cc1. The fourth-order valence-corrected chi connectivity index (χ4v) is 2.48. The summed E-state index contributed by atoms with van der Waals surface area (Å²) in [6, 6.07) is 15.5. The summed E-state index contributed by atoms with van der Waals surface area (Å²) < 4.78 is 0. The van der Waals surface area contributed by atoms with Gasteiger partial charge in [0.15, 0.2) is 0 Å². The summed E-state index contributed by atoms with van der Waals surface area (Å²) in [5, 5.41) is 2.72. The van der Waals surface area contributed by atoms with Gasteiger partial charge in [0.05, 0.1) is 6.42 Å². The number of hydrogen-bond donors (Lipinski definition) is 1. The van der Waals surface area contributed by atoms with Crippen LogP contribution in [0.1, 0.15) is 18.1 Å². The van der Waals surface area contributed by atoms with Crippen LogP contribution in [0.4, 0.5) is 11.4 Å². The van der Waals surface area contributed by atoms with E-state index < -0.39 is 0 Å². The van der Waals surface area contributed by atoms with Crippen molar-refractivity contribution in [2.24, 2.45) is 0 Å². The minimum Gasteiger partial charge on any atom is -0.378 e. The molecule has 2 amide bonds. The molecule has 2 rings (SSSR count). The van der Waals surface area contributed by atoms with Gasteiger partial charge < -0.3 is 15.1 Å². The average Bonchev–Trinajstić information content (AvgIpc) is 2.56. The van der Waals surface area contributed by atoms with Crippen molar-refractivity contribution in [3.63, 3.8) is 0 Å². The molecule has 5 heteroatoms. The zero-order chi connectivity index (χ0) is 18.4. The van der Waals surface area contributed by atoms with Crippen molar-refractivity contribution in [1.82, 2.24) is 4.90 Å². The summed E-state index contributed by atoms with van der Waals surface area (Å²) in [7, 11) is 5.82. The van der Waals surface area contributed by atoms with E-state index in [4.69, 9.17) is 0 Å². The maximum Gasteiger partial charge on any atom is 0.227 e. The minimum absolute atomic E-state index is 0.0592. The van der Waals surface area contributed by atoms with Gasteiger partial charge in [-0.3, -0.25) is 9.59 Å². The lowest BCUT2D eigenvalue weighted by molar-refractivity contribution is -0.129. The number of rotatable bonds is 6. The molecule has 0 aromatic heterocycles. The van der Waals surface area contributed by atoms with Crippen molar-refractivity contribution < 1.29 is 9.59 Å². The van der Waals surface area contributed by atoms with E-state index in [1.54, 1.807) is 4.90 Å². The van der Waals surface area contributed by atoms with Crippen LogP contribution in [0.5, 0.6) is 0 Å². The molecule has 0 unspecified atom stereocenters. The van der Waals surface area contributed by atoms with Gasteiger partial charge in [0.1, 0.15) is 0 Å². The Morgan fingerprint density at radius 3 is 1.96 bits per heavy atom. The van der Waals surface area contributed by atoms with Gasteiger partial charge >= 0.3 is 0 Å². The van der Waals surface area contributed by atoms with Crippen LogP contribution in [-0.2, 0) is 22.6 Å². The van der Waals surface area contributed by atoms with Gasteiger partial charge in [-0.25, -0.2) is 0 Å². The molecule has 0 spiro atoms. The first kappa shape index (κ1) is 18.5. The van der Waals surface area contributed by atoms with E-state index in [2.05, 4.69) is 5.32 Å². The van der Waals surface area contributed by atoms with Gasteiger partial charge in [0.25, 0.3) is 0 Å². The maximum absolute atomic E-state index is 12.4. The number of nitrogens with zero attached hydrogens (tertiary/aromatic N) is 2. The highest BCUT2D eigenvalue weighted by atomic mass is 16.2. The van der Waals surface area contributed by atoms with E-state index in [1.807, 2.05) is 74.6 Å². The van der Waals surface area contributed by atoms with Crippen molar-refractivity contribution >= 4 is 23.2 Å². The molecule has 2 aromatic carbocycles. The predicted octanol–water partition coefficient (Wildman–Crippen LogP) is 2.91. The number of hydrogen-bond acceptors (Lipinski definition) is 3. The molecule has 0 bridgehead atoms. The molecule has 0 radical (unpaired) electrons. The molecule has 2 aromatic rings. The monoisotopic (exact) mass is 339 g/mol. The van der Waals surface area contributed by atoms with Crippen LogP contribution >= 0.6 is 0 Å². The zero-order valence-electron chi connectivity index (χ0n) is 15.2. The number of benzene rings is 2. The number of carbonyl (C=O) groups is 2. The molecule has 1 N–H and O–H groups in total. The summed E-state index contributed by atoms with van der Waals surface area (Å²) in [4.78, 5) is 27.2. The topological polar surface area (TPSA) is 52.7 Å². The standard InChI is InChI=1S/C20H25N3O2/c1-15(24)21-18-9-5-16(6-10-18)13-20(25)23(4)14-17-7-11-19(12-8-17)22(2)3/h5-12H,13-14H2,1-4H3,(H,21,24). The van der Waals surface area contributed by atoms with Crippen LogP contribution in [-0.4, -0.2) is 37.9 Å². The van der Waals surface area contributed by atoms with Gasteiger partial charge in [-0.05, 0) is 35.4 Å². The normalized spacial score (nSPS) is 10.2. The Bertz CT molecular complexity index is 722. The zero-order valence-corrected chi connectivity index (χ0v) is 15.2. The highest BCUT2D eigenvalue weighted by Gasteiger charge is 2.10. The van der Waals surface area contributed by atoms with Crippen molar-refractivity contribution in [2.75, 3.05) is 31.4 Å². The first-order valence-electron chi connectivity index (χ1n) is 8.22. The van der Waals surface area contributed by atoms with Gasteiger partial charge in [-0.1, -0.05) is 24.3 Å². The van der Waals surface area contributed by atoms with Crippen molar-refractivity contribution in [1.29, 1.82) is 0 Å². The molecule has 0 aliphatic rings. The molecular formula is C20H25N3O2. The Hall–Kier alpha value is -2.82. The Kier molecular flexibility index (Phi) is 6.17. The van der Waals surface area contributed by atoms with Gasteiger partial charge in [-0.2, -0.15) is 0 Å². The second kappa shape index (κ2) is 8.33. The Morgan fingerprint density at radius 2 is 1.44 bits per heavy atom. The predicted molar refractivity (Wildman–Crippen MR) is 102 cm³/mol. The van der Waals surface area contributed by atoms with Crippen molar-refractivity contribution in [3.8, 4) is 0 Å². The van der Waals surface area contributed by atoms with E-state index in [0.29, 0.717) is 13.0 Å². The van der Waals surface area contributed by atoms with Gasteiger partial charge in [0, 0.05) is 46.0 Å². The van der Waals surface area contributed by atoms with Gasteiger partial charge in [0.2, 0.25) is 11.8 Å². The molecule has 0 heterocycles. The number of nitrogens with one attached hydrogen (secondary N) is 1. The van der Waals surface area contributed by atoms with Crippen LogP contribution in [0.3, 0.4) is 0 Å². The molecule has 5 nitrogen and oxygen atoms in total. The Balaban J connectivity index is 1.92. The summed E-state index contributed by atoms with van der Waals surface area (Å²) in [6.07, 6.45) is 0.340. The number of likely N-dealkylation sites (N-methyl/N-ethyl adjacent to an activating group) is 1. The molecule has 0 saturated heterocycles. The third kappa shape index (κ3) is 5.64. The van der Waals surface area contributed by atoms with E-state index in [1.165, 1.54) is 6.92 Å². The van der Waals surface area contributed by atoms with Crippen LogP contribution < -0.4 is 10.2 Å². The summed E-state index contributed by atoms with van der Waals surface area (Å²) in [6.45, 7) is 2.05. The smallest absolute Gasteiger partial charge is 0.227 e. The average molecular weight is 339 g/mol. The first-order valence-corrected chi connectivity index (χ1v) is 8.22. The lowest BCUT2D eigenvalue weighted by Crippen LogP contribution is -2.27. The van der Waals surface area contributed by atoms with E-state index >= 15 is 0 Å². The highest BCUT2D eigenvalue weighted by molar-refractivity contribution is 5.88. The van der Waals surface area contributed by atoms with Crippen LogP contribution in [0.15, 0.2) is 48.5 Å². The van der Waals surface area contributed by atoms with Crippen LogP contribution in [0.25, 0.3) is 0 Å². The lowest BCUT2D eigenvalue weighted by atomic mass is 10.1. The second-order valence-corrected chi connectivity index (χ2v) is 6.37. The van der Waals surface area contributed by atoms with Gasteiger partial charge in [-0.15, -0.1) is 0 Å². The summed E-state index contributed by atoms with van der Waals surface area (Å²) >= 11 is 0.